The fourth-order valence-electron chi connectivity index (χ4n) is 3.86. The number of nitrogens with one attached hydrogen (secondary N) is 1. The van der Waals surface area contributed by atoms with Crippen molar-refractivity contribution in [2.24, 2.45) is 0 Å². The van der Waals surface area contributed by atoms with Crippen molar-refractivity contribution in [3.05, 3.63) is 70.5 Å². The molecule has 1 amide bonds. The van der Waals surface area contributed by atoms with Crippen LogP contribution in [-0.2, 0) is 22.4 Å². The van der Waals surface area contributed by atoms with E-state index in [-0.39, 0.29) is 11.9 Å². The molecule has 2 aromatic carbocycles. The molecular weight excluding hydrogens is 434 g/mol. The molecule has 180 valence electrons. The predicted octanol–water partition coefficient (Wildman–Crippen LogP) is 3.58. The van der Waals surface area contributed by atoms with E-state index in [9.17, 15) is 9.59 Å². The Morgan fingerprint density at radius 1 is 0.971 bits per heavy atom. The number of rotatable bonds is 10. The van der Waals surface area contributed by atoms with E-state index in [2.05, 4.69) is 10.4 Å². The number of carbonyl (C=O) groups is 2. The summed E-state index contributed by atoms with van der Waals surface area (Å²) in [4.78, 5) is 24.1. The molecule has 1 aromatic heterocycles. The standard InChI is InChI=1S/C26H31N3O5/c1-17-23(11-13-25(30)34-5)18(2)29(28-17)21-8-6-19(7-9-21)26(31)27-15-14-20-16-22(32-3)10-12-24(20)33-4/h6-10,12,16H,11,13-15H2,1-5H3,(H,27,31). The van der Waals surface area contributed by atoms with Crippen LogP contribution in [0.1, 0.15) is 39.3 Å². The highest BCUT2D eigenvalue weighted by atomic mass is 16.5. The third-order valence-corrected chi connectivity index (χ3v) is 5.79. The highest BCUT2D eigenvalue weighted by Gasteiger charge is 2.15. The first kappa shape index (κ1) is 24.8. The highest BCUT2D eigenvalue weighted by Crippen LogP contribution is 2.24. The Hall–Kier alpha value is -3.81. The molecule has 0 aliphatic heterocycles. The maximum Gasteiger partial charge on any atom is 0.305 e. The first-order valence-corrected chi connectivity index (χ1v) is 11.1. The van der Waals surface area contributed by atoms with Crippen molar-refractivity contribution in [1.82, 2.24) is 15.1 Å². The Morgan fingerprint density at radius 3 is 2.35 bits per heavy atom. The monoisotopic (exact) mass is 465 g/mol. The van der Waals surface area contributed by atoms with Gasteiger partial charge in [-0.1, -0.05) is 0 Å². The van der Waals surface area contributed by atoms with Gasteiger partial charge in [0.2, 0.25) is 0 Å². The normalized spacial score (nSPS) is 10.6. The van der Waals surface area contributed by atoms with Crippen LogP contribution >= 0.6 is 0 Å². The van der Waals surface area contributed by atoms with Crippen molar-refractivity contribution in [3.8, 4) is 17.2 Å². The van der Waals surface area contributed by atoms with Gasteiger partial charge in [0.05, 0.1) is 32.7 Å². The molecule has 3 aromatic rings. The average molecular weight is 466 g/mol. The van der Waals surface area contributed by atoms with Crippen molar-refractivity contribution in [2.75, 3.05) is 27.9 Å². The van der Waals surface area contributed by atoms with Crippen LogP contribution in [0.15, 0.2) is 42.5 Å². The van der Waals surface area contributed by atoms with Gasteiger partial charge in [-0.05, 0) is 80.3 Å². The molecule has 0 aliphatic rings. The zero-order valence-corrected chi connectivity index (χ0v) is 20.3. The second kappa shape index (κ2) is 11.4. The summed E-state index contributed by atoms with van der Waals surface area (Å²) in [6, 6.07) is 12.9. The van der Waals surface area contributed by atoms with Crippen LogP contribution in [0.25, 0.3) is 5.69 Å². The van der Waals surface area contributed by atoms with Crippen LogP contribution in [-0.4, -0.2) is 49.5 Å². The topological polar surface area (TPSA) is 91.7 Å². The van der Waals surface area contributed by atoms with Crippen LogP contribution in [0.2, 0.25) is 0 Å². The van der Waals surface area contributed by atoms with Gasteiger partial charge >= 0.3 is 5.97 Å². The van der Waals surface area contributed by atoms with E-state index < -0.39 is 0 Å². The SMILES string of the molecule is COC(=O)CCc1c(C)nn(-c2ccc(C(=O)NCCc3cc(OC)ccc3OC)cc2)c1C. The molecule has 0 radical (unpaired) electrons. The van der Waals surface area contributed by atoms with Gasteiger partial charge in [-0.15, -0.1) is 0 Å². The molecule has 0 spiro atoms. The van der Waals surface area contributed by atoms with Gasteiger partial charge in [0.15, 0.2) is 0 Å². The van der Waals surface area contributed by atoms with Crippen LogP contribution in [0.5, 0.6) is 11.5 Å². The molecular formula is C26H31N3O5. The fourth-order valence-corrected chi connectivity index (χ4v) is 3.86. The van der Waals surface area contributed by atoms with E-state index in [0.29, 0.717) is 31.4 Å². The summed E-state index contributed by atoms with van der Waals surface area (Å²) < 4.78 is 17.2. The van der Waals surface area contributed by atoms with Gasteiger partial charge < -0.3 is 19.5 Å². The first-order chi connectivity index (χ1) is 16.4. The molecule has 34 heavy (non-hydrogen) atoms. The number of nitrogens with zero attached hydrogens (tertiary/aromatic N) is 2. The number of hydrogen-bond acceptors (Lipinski definition) is 6. The number of methoxy groups -OCH3 is 3. The van der Waals surface area contributed by atoms with E-state index >= 15 is 0 Å². The number of amides is 1. The first-order valence-electron chi connectivity index (χ1n) is 11.1. The molecule has 1 N–H and O–H groups in total. The lowest BCUT2D eigenvalue weighted by atomic mass is 10.1. The summed E-state index contributed by atoms with van der Waals surface area (Å²) in [5.74, 6) is 1.11. The molecule has 0 saturated carbocycles. The summed E-state index contributed by atoms with van der Waals surface area (Å²) in [5.41, 5.74) is 5.24. The summed E-state index contributed by atoms with van der Waals surface area (Å²) >= 11 is 0. The Balaban J connectivity index is 1.64. The summed E-state index contributed by atoms with van der Waals surface area (Å²) in [6.45, 7) is 4.36. The lowest BCUT2D eigenvalue weighted by Gasteiger charge is -2.11. The van der Waals surface area contributed by atoms with Crippen molar-refractivity contribution in [2.45, 2.75) is 33.1 Å². The Bertz CT molecular complexity index is 1150. The lowest BCUT2D eigenvalue weighted by molar-refractivity contribution is -0.140. The molecule has 0 atom stereocenters. The number of carbonyl (C=O) groups excluding carboxylic acids is 2. The van der Waals surface area contributed by atoms with Gasteiger partial charge in [-0.2, -0.15) is 5.10 Å². The molecule has 1 heterocycles. The maximum atomic E-state index is 12.6. The van der Waals surface area contributed by atoms with E-state index in [4.69, 9.17) is 14.2 Å². The fraction of sp³-hybridized carbons (Fsp3) is 0.346. The minimum atomic E-state index is -0.244. The Morgan fingerprint density at radius 2 is 1.71 bits per heavy atom. The minimum absolute atomic E-state index is 0.152. The largest absolute Gasteiger partial charge is 0.497 e. The highest BCUT2D eigenvalue weighted by molar-refractivity contribution is 5.94. The zero-order valence-electron chi connectivity index (χ0n) is 20.3. The molecule has 0 saturated heterocycles. The van der Waals surface area contributed by atoms with Crippen LogP contribution < -0.4 is 14.8 Å². The van der Waals surface area contributed by atoms with Gasteiger partial charge in [0.25, 0.3) is 5.91 Å². The second-order valence-corrected chi connectivity index (χ2v) is 7.87. The van der Waals surface area contributed by atoms with Crippen molar-refractivity contribution in [1.29, 1.82) is 0 Å². The molecule has 0 aliphatic carbocycles. The smallest absolute Gasteiger partial charge is 0.305 e. The van der Waals surface area contributed by atoms with Gasteiger partial charge in [0, 0.05) is 24.2 Å². The van der Waals surface area contributed by atoms with Crippen molar-refractivity contribution in [3.63, 3.8) is 0 Å². The van der Waals surface area contributed by atoms with E-state index in [1.54, 1.807) is 26.4 Å². The van der Waals surface area contributed by atoms with E-state index in [1.807, 2.05) is 48.9 Å². The van der Waals surface area contributed by atoms with Crippen molar-refractivity contribution < 1.29 is 23.8 Å². The second-order valence-electron chi connectivity index (χ2n) is 7.87. The summed E-state index contributed by atoms with van der Waals surface area (Å²) in [5, 5.41) is 7.57. The zero-order chi connectivity index (χ0) is 24.7. The molecule has 8 heteroatoms. The lowest BCUT2D eigenvalue weighted by Crippen LogP contribution is -2.25. The van der Waals surface area contributed by atoms with E-state index in [0.717, 1.165) is 39.7 Å². The average Bonchev–Trinajstić information content (AvgIpc) is 3.15. The number of ether oxygens (including phenoxy) is 3. The molecule has 3 rings (SSSR count). The summed E-state index contributed by atoms with van der Waals surface area (Å²) in [7, 11) is 4.63. The molecule has 8 nitrogen and oxygen atoms in total. The van der Waals surface area contributed by atoms with Crippen LogP contribution in [0.4, 0.5) is 0 Å². The van der Waals surface area contributed by atoms with Crippen molar-refractivity contribution >= 4 is 11.9 Å². The number of esters is 1. The van der Waals surface area contributed by atoms with E-state index in [1.165, 1.54) is 7.11 Å². The minimum Gasteiger partial charge on any atom is -0.497 e. The number of aromatic nitrogens is 2. The third-order valence-electron chi connectivity index (χ3n) is 5.79. The molecule has 0 unspecified atom stereocenters. The number of aryl methyl sites for hydroxylation is 1. The Kier molecular flexibility index (Phi) is 8.29. The predicted molar refractivity (Wildman–Crippen MR) is 129 cm³/mol. The number of hydrogen-bond donors (Lipinski definition) is 1. The third kappa shape index (κ3) is 5.75. The van der Waals surface area contributed by atoms with Gasteiger partial charge in [-0.3, -0.25) is 9.59 Å². The van der Waals surface area contributed by atoms with Crippen LogP contribution in [0, 0.1) is 13.8 Å². The van der Waals surface area contributed by atoms with Crippen LogP contribution in [0.3, 0.4) is 0 Å². The molecule has 0 fully saturated rings. The number of benzene rings is 2. The van der Waals surface area contributed by atoms with Gasteiger partial charge in [-0.25, -0.2) is 4.68 Å². The molecule has 0 bridgehead atoms. The Labute approximate surface area is 199 Å². The maximum absolute atomic E-state index is 12.6. The quantitative estimate of drug-likeness (QED) is 0.460. The van der Waals surface area contributed by atoms with Gasteiger partial charge in [0.1, 0.15) is 11.5 Å². The summed E-state index contributed by atoms with van der Waals surface area (Å²) in [6.07, 6.45) is 1.50.